The standard InChI is InChI=1S/C14H20N2O/c1-10(2)12-5-3-11(4-6-12)7-13-8-16-14(17)9-15-13/h3-6,10,13,15H,7-9H2,1-2H3,(H,16,17). The lowest BCUT2D eigenvalue weighted by atomic mass is 9.98. The number of hydrogen-bond acceptors (Lipinski definition) is 2. The van der Waals surface area contributed by atoms with E-state index in [1.165, 1.54) is 11.1 Å². The Balaban J connectivity index is 1.92. The highest BCUT2D eigenvalue weighted by Crippen LogP contribution is 2.15. The van der Waals surface area contributed by atoms with E-state index in [2.05, 4.69) is 48.7 Å². The highest BCUT2D eigenvalue weighted by molar-refractivity contribution is 5.78. The molecule has 1 aromatic carbocycles. The zero-order valence-electron chi connectivity index (χ0n) is 10.5. The Morgan fingerprint density at radius 2 is 2.00 bits per heavy atom. The number of hydrogen-bond donors (Lipinski definition) is 2. The van der Waals surface area contributed by atoms with Crippen molar-refractivity contribution in [1.82, 2.24) is 10.6 Å². The molecule has 3 nitrogen and oxygen atoms in total. The van der Waals surface area contributed by atoms with Crippen LogP contribution in [0.1, 0.15) is 30.9 Å². The molecule has 1 aromatic rings. The second kappa shape index (κ2) is 5.32. The van der Waals surface area contributed by atoms with Gasteiger partial charge in [0.2, 0.25) is 5.91 Å². The van der Waals surface area contributed by atoms with Gasteiger partial charge in [-0.25, -0.2) is 0 Å². The van der Waals surface area contributed by atoms with E-state index in [0.717, 1.165) is 13.0 Å². The highest BCUT2D eigenvalue weighted by Gasteiger charge is 2.16. The summed E-state index contributed by atoms with van der Waals surface area (Å²) in [7, 11) is 0. The average molecular weight is 232 g/mol. The molecule has 0 saturated carbocycles. The van der Waals surface area contributed by atoms with Gasteiger partial charge < -0.3 is 10.6 Å². The summed E-state index contributed by atoms with van der Waals surface area (Å²) in [6.07, 6.45) is 0.971. The van der Waals surface area contributed by atoms with Crippen LogP contribution >= 0.6 is 0 Å². The van der Waals surface area contributed by atoms with E-state index >= 15 is 0 Å². The third-order valence-corrected chi connectivity index (χ3v) is 3.23. The van der Waals surface area contributed by atoms with E-state index in [-0.39, 0.29) is 5.91 Å². The lowest BCUT2D eigenvalue weighted by Gasteiger charge is -2.24. The fourth-order valence-electron chi connectivity index (χ4n) is 2.08. The molecule has 1 heterocycles. The van der Waals surface area contributed by atoms with Crippen molar-refractivity contribution in [3.05, 3.63) is 35.4 Å². The van der Waals surface area contributed by atoms with Crippen LogP contribution in [0, 0.1) is 0 Å². The Hall–Kier alpha value is -1.35. The Bertz CT molecular complexity index is 374. The normalized spacial score (nSPS) is 20.4. The fraction of sp³-hybridized carbons (Fsp3) is 0.500. The molecule has 0 spiro atoms. The first kappa shape index (κ1) is 12.1. The number of nitrogens with one attached hydrogen (secondary N) is 2. The molecule has 1 saturated heterocycles. The summed E-state index contributed by atoms with van der Waals surface area (Å²) in [5, 5.41) is 6.12. The molecule has 2 rings (SSSR count). The predicted octanol–water partition coefficient (Wildman–Crippen LogP) is 1.44. The van der Waals surface area contributed by atoms with Gasteiger partial charge in [0, 0.05) is 12.6 Å². The van der Waals surface area contributed by atoms with Gasteiger partial charge in [-0.05, 0) is 23.5 Å². The van der Waals surface area contributed by atoms with E-state index in [1.54, 1.807) is 0 Å². The number of carbonyl (C=O) groups excluding carboxylic acids is 1. The first-order valence-corrected chi connectivity index (χ1v) is 6.24. The van der Waals surface area contributed by atoms with Gasteiger partial charge >= 0.3 is 0 Å². The second-order valence-electron chi connectivity index (χ2n) is 4.98. The topological polar surface area (TPSA) is 41.1 Å². The summed E-state index contributed by atoms with van der Waals surface area (Å²) in [5.74, 6) is 0.674. The summed E-state index contributed by atoms with van der Waals surface area (Å²) in [4.78, 5) is 11.0. The first-order chi connectivity index (χ1) is 8.15. The molecule has 1 atom stereocenters. The van der Waals surface area contributed by atoms with Crippen LogP contribution in [0.3, 0.4) is 0 Å². The van der Waals surface area contributed by atoms with E-state index in [1.807, 2.05) is 0 Å². The quantitative estimate of drug-likeness (QED) is 0.828. The maximum atomic E-state index is 11.0. The third kappa shape index (κ3) is 3.30. The number of carbonyl (C=O) groups is 1. The van der Waals surface area contributed by atoms with Gasteiger partial charge in [0.1, 0.15) is 0 Å². The van der Waals surface area contributed by atoms with E-state index in [0.29, 0.717) is 18.5 Å². The van der Waals surface area contributed by atoms with Crippen LogP contribution in [0.4, 0.5) is 0 Å². The number of amides is 1. The van der Waals surface area contributed by atoms with Crippen LogP contribution in [0.15, 0.2) is 24.3 Å². The Labute approximate surface area is 103 Å². The summed E-state index contributed by atoms with van der Waals surface area (Å²) in [6.45, 7) is 5.57. The molecule has 0 aromatic heterocycles. The molecule has 1 aliphatic heterocycles. The minimum Gasteiger partial charge on any atom is -0.353 e. The van der Waals surface area contributed by atoms with Crippen molar-refractivity contribution >= 4 is 5.91 Å². The molecule has 0 radical (unpaired) electrons. The van der Waals surface area contributed by atoms with Gasteiger partial charge in [-0.1, -0.05) is 38.1 Å². The van der Waals surface area contributed by atoms with Crippen molar-refractivity contribution in [2.75, 3.05) is 13.1 Å². The minimum atomic E-state index is 0.0939. The van der Waals surface area contributed by atoms with Crippen molar-refractivity contribution in [2.24, 2.45) is 0 Å². The van der Waals surface area contributed by atoms with Crippen LogP contribution in [-0.4, -0.2) is 25.0 Å². The molecule has 3 heteroatoms. The fourth-order valence-corrected chi connectivity index (χ4v) is 2.08. The molecule has 1 aliphatic rings. The smallest absolute Gasteiger partial charge is 0.234 e. The largest absolute Gasteiger partial charge is 0.353 e. The van der Waals surface area contributed by atoms with E-state index < -0.39 is 0 Å². The predicted molar refractivity (Wildman–Crippen MR) is 69.0 cm³/mol. The third-order valence-electron chi connectivity index (χ3n) is 3.23. The Morgan fingerprint density at radius 3 is 2.53 bits per heavy atom. The molecule has 0 aliphatic carbocycles. The minimum absolute atomic E-state index is 0.0939. The van der Waals surface area contributed by atoms with Crippen LogP contribution in [0.2, 0.25) is 0 Å². The van der Waals surface area contributed by atoms with Crippen LogP contribution < -0.4 is 10.6 Å². The number of piperazine rings is 1. The van der Waals surface area contributed by atoms with E-state index in [9.17, 15) is 4.79 Å². The summed E-state index contributed by atoms with van der Waals surface area (Å²) < 4.78 is 0. The van der Waals surface area contributed by atoms with Gasteiger partial charge in [0.25, 0.3) is 0 Å². The molecular formula is C14H20N2O. The summed E-state index contributed by atoms with van der Waals surface area (Å²) >= 11 is 0. The molecule has 92 valence electrons. The SMILES string of the molecule is CC(C)c1ccc(CC2CNC(=O)CN2)cc1. The van der Waals surface area contributed by atoms with Gasteiger partial charge in [0.05, 0.1) is 6.54 Å². The van der Waals surface area contributed by atoms with E-state index in [4.69, 9.17) is 0 Å². The van der Waals surface area contributed by atoms with Crippen molar-refractivity contribution in [3.8, 4) is 0 Å². The summed E-state index contributed by atoms with van der Waals surface area (Å²) in [6, 6.07) is 9.13. The molecule has 17 heavy (non-hydrogen) atoms. The molecule has 1 fully saturated rings. The van der Waals surface area contributed by atoms with Crippen LogP contribution in [0.5, 0.6) is 0 Å². The van der Waals surface area contributed by atoms with Crippen molar-refractivity contribution in [3.63, 3.8) is 0 Å². The molecular weight excluding hydrogens is 212 g/mol. The number of rotatable bonds is 3. The average Bonchev–Trinajstić information content (AvgIpc) is 2.33. The lowest BCUT2D eigenvalue weighted by molar-refractivity contribution is -0.121. The molecule has 0 bridgehead atoms. The monoisotopic (exact) mass is 232 g/mol. The van der Waals surface area contributed by atoms with Gasteiger partial charge in [-0.15, -0.1) is 0 Å². The lowest BCUT2D eigenvalue weighted by Crippen LogP contribution is -2.52. The molecule has 1 unspecified atom stereocenters. The van der Waals surface area contributed by atoms with Gasteiger partial charge in [-0.3, -0.25) is 4.79 Å². The maximum absolute atomic E-state index is 11.0. The first-order valence-electron chi connectivity index (χ1n) is 6.24. The van der Waals surface area contributed by atoms with Crippen LogP contribution in [-0.2, 0) is 11.2 Å². The van der Waals surface area contributed by atoms with Crippen molar-refractivity contribution < 1.29 is 4.79 Å². The van der Waals surface area contributed by atoms with Crippen molar-refractivity contribution in [1.29, 1.82) is 0 Å². The van der Waals surface area contributed by atoms with Gasteiger partial charge in [-0.2, -0.15) is 0 Å². The van der Waals surface area contributed by atoms with Crippen molar-refractivity contribution in [2.45, 2.75) is 32.2 Å². The van der Waals surface area contributed by atoms with Crippen LogP contribution in [0.25, 0.3) is 0 Å². The highest BCUT2D eigenvalue weighted by atomic mass is 16.2. The molecule has 1 amide bonds. The zero-order chi connectivity index (χ0) is 12.3. The summed E-state index contributed by atoms with van der Waals surface area (Å²) in [5.41, 5.74) is 2.70. The Morgan fingerprint density at radius 1 is 1.29 bits per heavy atom. The zero-order valence-corrected chi connectivity index (χ0v) is 10.5. The Kier molecular flexibility index (Phi) is 3.79. The molecule has 2 N–H and O–H groups in total. The number of benzene rings is 1. The van der Waals surface area contributed by atoms with Gasteiger partial charge in [0.15, 0.2) is 0 Å². The maximum Gasteiger partial charge on any atom is 0.234 e. The second-order valence-corrected chi connectivity index (χ2v) is 4.98.